The zero-order chi connectivity index (χ0) is 27.4. The molecular formula is C29H33N5O3S2. The van der Waals surface area contributed by atoms with E-state index in [0.717, 1.165) is 31.3 Å². The molecule has 5 rings (SSSR count). The average molecular weight is 564 g/mol. The van der Waals surface area contributed by atoms with Gasteiger partial charge in [-0.15, -0.1) is 22.7 Å². The van der Waals surface area contributed by atoms with Gasteiger partial charge in [0.05, 0.1) is 5.54 Å². The number of amides is 3. The van der Waals surface area contributed by atoms with E-state index < -0.39 is 17.7 Å². The Morgan fingerprint density at radius 1 is 0.872 bits per heavy atom. The van der Waals surface area contributed by atoms with Gasteiger partial charge in [0, 0.05) is 29.2 Å². The summed E-state index contributed by atoms with van der Waals surface area (Å²) in [6.07, 6.45) is 1.08. The molecule has 0 bridgehead atoms. The van der Waals surface area contributed by atoms with Crippen LogP contribution in [-0.4, -0.2) is 48.6 Å². The van der Waals surface area contributed by atoms with E-state index in [4.69, 9.17) is 5.73 Å². The Morgan fingerprint density at radius 3 is 2.03 bits per heavy atom. The molecule has 0 aliphatic carbocycles. The maximum Gasteiger partial charge on any atom is 0.244 e. The highest BCUT2D eigenvalue weighted by atomic mass is 32.1. The molecular weight excluding hydrogens is 530 g/mol. The predicted octanol–water partition coefficient (Wildman–Crippen LogP) is 3.05. The van der Waals surface area contributed by atoms with E-state index >= 15 is 0 Å². The van der Waals surface area contributed by atoms with Crippen molar-refractivity contribution in [3.63, 3.8) is 0 Å². The van der Waals surface area contributed by atoms with Gasteiger partial charge in [0.2, 0.25) is 17.7 Å². The van der Waals surface area contributed by atoms with Crippen LogP contribution in [0.4, 0.5) is 0 Å². The molecule has 10 heteroatoms. The van der Waals surface area contributed by atoms with Crippen molar-refractivity contribution in [1.29, 1.82) is 0 Å². The highest BCUT2D eigenvalue weighted by molar-refractivity contribution is 7.17. The lowest BCUT2D eigenvalue weighted by Gasteiger charge is -2.34. The number of thiophene rings is 2. The van der Waals surface area contributed by atoms with Gasteiger partial charge in [-0.3, -0.25) is 14.4 Å². The SMILES string of the molecule is CC(=O)N[C@@H](Cc1csc2ccccc12)NC(=O)[C@@H](Cc1csc2ccccc12)NC(=O)C1(N)CCNCC1. The summed E-state index contributed by atoms with van der Waals surface area (Å²) in [4.78, 5) is 39.2. The highest BCUT2D eigenvalue weighted by Crippen LogP contribution is 2.28. The Kier molecular flexibility index (Phi) is 8.27. The Labute approximate surface area is 235 Å². The maximum atomic E-state index is 13.8. The number of hydrogen-bond donors (Lipinski definition) is 5. The third-order valence-electron chi connectivity index (χ3n) is 7.23. The van der Waals surface area contributed by atoms with E-state index in [0.29, 0.717) is 38.8 Å². The van der Waals surface area contributed by atoms with E-state index in [1.807, 2.05) is 47.8 Å². The quantitative estimate of drug-likeness (QED) is 0.200. The van der Waals surface area contributed by atoms with Gasteiger partial charge in [0.15, 0.2) is 0 Å². The minimum absolute atomic E-state index is 0.250. The fraction of sp³-hybridized carbons (Fsp3) is 0.345. The molecule has 6 N–H and O–H groups in total. The summed E-state index contributed by atoms with van der Waals surface area (Å²) in [6, 6.07) is 15.2. The van der Waals surface area contributed by atoms with E-state index in [9.17, 15) is 14.4 Å². The van der Waals surface area contributed by atoms with Crippen LogP contribution in [0.1, 0.15) is 30.9 Å². The number of nitrogens with two attached hydrogens (primary N) is 1. The molecule has 2 aromatic heterocycles. The molecule has 204 valence electrons. The lowest BCUT2D eigenvalue weighted by Crippen LogP contribution is -2.63. The van der Waals surface area contributed by atoms with Crippen LogP contribution < -0.4 is 27.0 Å². The molecule has 0 saturated carbocycles. The molecule has 1 aliphatic rings. The second kappa shape index (κ2) is 11.8. The zero-order valence-corrected chi connectivity index (χ0v) is 23.4. The number of carbonyl (C=O) groups is 3. The Balaban J connectivity index is 1.39. The Hall–Kier alpha value is -3.31. The number of rotatable bonds is 9. The second-order valence-corrected chi connectivity index (χ2v) is 11.9. The summed E-state index contributed by atoms with van der Waals surface area (Å²) in [7, 11) is 0. The number of piperidine rings is 1. The van der Waals surface area contributed by atoms with Crippen LogP contribution in [0.2, 0.25) is 0 Å². The third kappa shape index (κ3) is 6.30. The molecule has 2 aromatic carbocycles. The lowest BCUT2D eigenvalue weighted by atomic mass is 9.88. The molecule has 3 heterocycles. The molecule has 1 fully saturated rings. The lowest BCUT2D eigenvalue weighted by molar-refractivity contribution is -0.133. The number of benzene rings is 2. The topological polar surface area (TPSA) is 125 Å². The van der Waals surface area contributed by atoms with Crippen LogP contribution in [0.3, 0.4) is 0 Å². The van der Waals surface area contributed by atoms with E-state index in [1.54, 1.807) is 22.7 Å². The molecule has 0 radical (unpaired) electrons. The molecule has 0 unspecified atom stereocenters. The third-order valence-corrected chi connectivity index (χ3v) is 9.26. The first-order valence-electron chi connectivity index (χ1n) is 13.1. The van der Waals surface area contributed by atoms with Crippen molar-refractivity contribution in [2.24, 2.45) is 5.73 Å². The fourth-order valence-electron chi connectivity index (χ4n) is 5.09. The Bertz CT molecular complexity index is 1490. The summed E-state index contributed by atoms with van der Waals surface area (Å²) >= 11 is 3.23. The minimum atomic E-state index is -1.03. The maximum absolute atomic E-state index is 13.8. The zero-order valence-electron chi connectivity index (χ0n) is 21.8. The van der Waals surface area contributed by atoms with E-state index in [2.05, 4.69) is 32.7 Å². The van der Waals surface area contributed by atoms with Crippen molar-refractivity contribution < 1.29 is 14.4 Å². The molecule has 1 aliphatic heterocycles. The van der Waals surface area contributed by atoms with Crippen molar-refractivity contribution in [3.05, 3.63) is 70.4 Å². The summed E-state index contributed by atoms with van der Waals surface area (Å²) in [5, 5.41) is 18.3. The number of fused-ring (bicyclic) bond motifs is 2. The predicted molar refractivity (Wildman–Crippen MR) is 158 cm³/mol. The van der Waals surface area contributed by atoms with Gasteiger partial charge >= 0.3 is 0 Å². The van der Waals surface area contributed by atoms with Crippen molar-refractivity contribution >= 4 is 60.6 Å². The normalized spacial score (nSPS) is 16.5. The molecule has 39 heavy (non-hydrogen) atoms. The van der Waals surface area contributed by atoms with Crippen LogP contribution in [0.25, 0.3) is 20.2 Å². The standard InChI is InChI=1S/C29H33N5O3S2/c1-18(35)32-26(15-20-17-39-25-9-5-3-7-22(20)25)34-27(36)23(33-28(37)29(30)10-12-31-13-11-29)14-19-16-38-24-8-4-2-6-21(19)24/h2-9,16-17,23,26,31H,10-15,30H2,1H3,(H,32,35)(H,33,37)(H,34,36)/t23-,26-/m1/s1. The fourth-order valence-corrected chi connectivity index (χ4v) is 7.04. The average Bonchev–Trinajstić information content (AvgIpc) is 3.52. The molecule has 0 spiro atoms. The van der Waals surface area contributed by atoms with Gasteiger partial charge in [0.1, 0.15) is 12.2 Å². The molecule has 1 saturated heterocycles. The summed E-state index contributed by atoms with van der Waals surface area (Å²) < 4.78 is 2.26. The molecule has 3 amide bonds. The van der Waals surface area contributed by atoms with Crippen LogP contribution in [-0.2, 0) is 27.2 Å². The van der Waals surface area contributed by atoms with Gasteiger partial charge in [-0.25, -0.2) is 0 Å². The largest absolute Gasteiger partial charge is 0.342 e. The number of nitrogens with one attached hydrogen (secondary N) is 4. The Morgan fingerprint density at radius 2 is 1.44 bits per heavy atom. The van der Waals surface area contributed by atoms with Gasteiger partial charge in [-0.1, -0.05) is 36.4 Å². The van der Waals surface area contributed by atoms with Crippen molar-refractivity contribution in [3.8, 4) is 0 Å². The van der Waals surface area contributed by atoms with Gasteiger partial charge < -0.3 is 27.0 Å². The van der Waals surface area contributed by atoms with Gasteiger partial charge in [-0.05, 0) is 70.7 Å². The first-order chi connectivity index (χ1) is 18.8. The second-order valence-electron chi connectivity index (χ2n) is 10.1. The molecule has 4 aromatic rings. The van der Waals surface area contributed by atoms with Gasteiger partial charge in [0.25, 0.3) is 0 Å². The minimum Gasteiger partial charge on any atom is -0.342 e. The molecule has 8 nitrogen and oxygen atoms in total. The number of hydrogen-bond acceptors (Lipinski definition) is 7. The van der Waals surface area contributed by atoms with Crippen LogP contribution in [0, 0.1) is 0 Å². The highest BCUT2D eigenvalue weighted by Gasteiger charge is 2.38. The first kappa shape index (κ1) is 27.3. The van der Waals surface area contributed by atoms with E-state index in [1.165, 1.54) is 6.92 Å². The first-order valence-corrected chi connectivity index (χ1v) is 14.9. The van der Waals surface area contributed by atoms with Crippen molar-refractivity contribution in [2.45, 2.75) is 50.4 Å². The van der Waals surface area contributed by atoms with Crippen LogP contribution in [0.15, 0.2) is 59.3 Å². The summed E-state index contributed by atoms with van der Waals surface area (Å²) in [5.74, 6) is -0.946. The monoisotopic (exact) mass is 563 g/mol. The van der Waals surface area contributed by atoms with E-state index in [-0.39, 0.29) is 17.7 Å². The van der Waals surface area contributed by atoms with Crippen molar-refractivity contribution in [1.82, 2.24) is 21.3 Å². The van der Waals surface area contributed by atoms with Gasteiger partial charge in [-0.2, -0.15) is 0 Å². The van der Waals surface area contributed by atoms with Crippen molar-refractivity contribution in [2.75, 3.05) is 13.1 Å². The summed E-state index contributed by atoms with van der Waals surface area (Å²) in [5.41, 5.74) is 7.47. The van der Waals surface area contributed by atoms with Crippen LogP contribution in [0.5, 0.6) is 0 Å². The summed E-state index contributed by atoms with van der Waals surface area (Å²) in [6.45, 7) is 2.72. The number of carbonyl (C=O) groups excluding carboxylic acids is 3. The smallest absolute Gasteiger partial charge is 0.244 e. The van der Waals surface area contributed by atoms with Crippen LogP contribution >= 0.6 is 22.7 Å². The molecule has 2 atom stereocenters.